The fraction of sp³-hybridized carbons (Fsp3) is 0.357. The average Bonchev–Trinajstić information content (AvgIpc) is 2.73. The van der Waals surface area contributed by atoms with Crippen LogP contribution in [0.2, 0.25) is 0 Å². The van der Waals surface area contributed by atoms with Crippen LogP contribution in [0.25, 0.3) is 11.4 Å². The maximum Gasteiger partial charge on any atom is 0.140 e. The molecule has 0 fully saturated rings. The van der Waals surface area contributed by atoms with Crippen LogP contribution in [0, 0.1) is 6.92 Å². The standard InChI is InChI=1S/C14H19N3/c1-3-17-12(8-9-15)10-16-14(17)13-7-5-4-6-11(13)2/h4-7,10H,3,8-9,15H2,1-2H3. The second-order valence-corrected chi connectivity index (χ2v) is 4.17. The maximum absolute atomic E-state index is 5.62. The Morgan fingerprint density at radius 3 is 2.71 bits per heavy atom. The number of nitrogens with zero attached hydrogens (tertiary/aromatic N) is 2. The highest BCUT2D eigenvalue weighted by atomic mass is 15.1. The van der Waals surface area contributed by atoms with Gasteiger partial charge in [-0.3, -0.25) is 0 Å². The molecule has 0 unspecified atom stereocenters. The third-order valence-corrected chi connectivity index (χ3v) is 3.04. The van der Waals surface area contributed by atoms with E-state index < -0.39 is 0 Å². The SMILES string of the molecule is CCn1c(CCN)cnc1-c1ccccc1C. The van der Waals surface area contributed by atoms with Gasteiger partial charge in [-0.05, 0) is 26.0 Å². The van der Waals surface area contributed by atoms with Crippen LogP contribution in [0.15, 0.2) is 30.5 Å². The number of hydrogen-bond acceptors (Lipinski definition) is 2. The summed E-state index contributed by atoms with van der Waals surface area (Å²) in [5, 5.41) is 0. The van der Waals surface area contributed by atoms with Crippen molar-refractivity contribution in [2.45, 2.75) is 26.8 Å². The smallest absolute Gasteiger partial charge is 0.140 e. The number of imidazole rings is 1. The third-order valence-electron chi connectivity index (χ3n) is 3.04. The molecular weight excluding hydrogens is 210 g/mol. The Balaban J connectivity index is 2.49. The summed E-state index contributed by atoms with van der Waals surface area (Å²) >= 11 is 0. The van der Waals surface area contributed by atoms with Crippen LogP contribution in [0.1, 0.15) is 18.2 Å². The predicted octanol–water partition coefficient (Wildman–Crippen LogP) is 2.38. The number of rotatable bonds is 4. The van der Waals surface area contributed by atoms with E-state index in [4.69, 9.17) is 5.73 Å². The molecule has 0 saturated heterocycles. The van der Waals surface area contributed by atoms with Gasteiger partial charge in [0, 0.05) is 30.4 Å². The molecule has 0 aliphatic heterocycles. The molecular formula is C14H19N3. The minimum Gasteiger partial charge on any atom is -0.330 e. The Morgan fingerprint density at radius 2 is 2.06 bits per heavy atom. The van der Waals surface area contributed by atoms with E-state index in [0.29, 0.717) is 6.54 Å². The minimum absolute atomic E-state index is 0.666. The molecule has 17 heavy (non-hydrogen) atoms. The molecule has 0 spiro atoms. The van der Waals surface area contributed by atoms with Crippen molar-refractivity contribution in [2.24, 2.45) is 5.73 Å². The molecule has 0 aliphatic carbocycles. The normalized spacial score (nSPS) is 10.8. The van der Waals surface area contributed by atoms with E-state index in [-0.39, 0.29) is 0 Å². The number of hydrogen-bond donors (Lipinski definition) is 1. The fourth-order valence-electron chi connectivity index (χ4n) is 2.15. The van der Waals surface area contributed by atoms with Gasteiger partial charge in [-0.1, -0.05) is 24.3 Å². The Kier molecular flexibility index (Phi) is 3.59. The Labute approximate surface area is 102 Å². The van der Waals surface area contributed by atoms with Crippen molar-refractivity contribution in [2.75, 3.05) is 6.54 Å². The lowest BCUT2D eigenvalue weighted by atomic mass is 10.1. The van der Waals surface area contributed by atoms with Crippen molar-refractivity contribution in [3.63, 3.8) is 0 Å². The Bertz CT molecular complexity index is 500. The molecule has 1 aromatic carbocycles. The van der Waals surface area contributed by atoms with Gasteiger partial charge in [0.05, 0.1) is 0 Å². The quantitative estimate of drug-likeness (QED) is 0.874. The molecule has 0 saturated carbocycles. The van der Waals surface area contributed by atoms with E-state index in [9.17, 15) is 0 Å². The first-order chi connectivity index (χ1) is 8.27. The Hall–Kier alpha value is -1.61. The van der Waals surface area contributed by atoms with Crippen LogP contribution in [-0.2, 0) is 13.0 Å². The van der Waals surface area contributed by atoms with Crippen molar-refractivity contribution >= 4 is 0 Å². The second kappa shape index (κ2) is 5.15. The van der Waals surface area contributed by atoms with Gasteiger partial charge >= 0.3 is 0 Å². The summed E-state index contributed by atoms with van der Waals surface area (Å²) in [4.78, 5) is 4.54. The number of aryl methyl sites for hydroxylation is 1. The maximum atomic E-state index is 5.62. The molecule has 2 rings (SSSR count). The first-order valence-electron chi connectivity index (χ1n) is 6.08. The van der Waals surface area contributed by atoms with Crippen LogP contribution in [0.5, 0.6) is 0 Å². The summed E-state index contributed by atoms with van der Waals surface area (Å²) in [5.41, 5.74) is 9.30. The molecule has 2 N–H and O–H groups in total. The summed E-state index contributed by atoms with van der Waals surface area (Å²) < 4.78 is 2.25. The van der Waals surface area contributed by atoms with Crippen LogP contribution in [0.4, 0.5) is 0 Å². The molecule has 1 aromatic heterocycles. The third kappa shape index (κ3) is 2.24. The Morgan fingerprint density at radius 1 is 1.29 bits per heavy atom. The van der Waals surface area contributed by atoms with Gasteiger partial charge in [0.2, 0.25) is 0 Å². The molecule has 0 atom stereocenters. The van der Waals surface area contributed by atoms with Crippen molar-refractivity contribution in [1.29, 1.82) is 0 Å². The van der Waals surface area contributed by atoms with Crippen LogP contribution < -0.4 is 5.73 Å². The summed E-state index contributed by atoms with van der Waals surface area (Å²) in [6, 6.07) is 8.35. The summed E-state index contributed by atoms with van der Waals surface area (Å²) in [6.07, 6.45) is 2.82. The lowest BCUT2D eigenvalue weighted by Gasteiger charge is -2.10. The predicted molar refractivity (Wildman–Crippen MR) is 70.8 cm³/mol. The first kappa shape index (κ1) is 11.9. The highest BCUT2D eigenvalue weighted by molar-refractivity contribution is 5.60. The minimum atomic E-state index is 0.666. The zero-order chi connectivity index (χ0) is 12.3. The van der Waals surface area contributed by atoms with Gasteiger partial charge in [0.15, 0.2) is 0 Å². The molecule has 0 bridgehead atoms. The zero-order valence-corrected chi connectivity index (χ0v) is 10.5. The molecule has 0 aliphatic rings. The van der Waals surface area contributed by atoms with Crippen molar-refractivity contribution in [3.8, 4) is 11.4 Å². The molecule has 1 heterocycles. The van der Waals surface area contributed by atoms with Crippen molar-refractivity contribution in [3.05, 3.63) is 41.7 Å². The lowest BCUT2D eigenvalue weighted by molar-refractivity contribution is 0.714. The molecule has 90 valence electrons. The highest BCUT2D eigenvalue weighted by Crippen LogP contribution is 2.23. The van der Waals surface area contributed by atoms with Gasteiger partial charge in [0.1, 0.15) is 5.82 Å². The van der Waals surface area contributed by atoms with Crippen molar-refractivity contribution in [1.82, 2.24) is 9.55 Å². The van der Waals surface area contributed by atoms with E-state index in [1.807, 2.05) is 6.20 Å². The number of nitrogens with two attached hydrogens (primary N) is 1. The molecule has 0 radical (unpaired) electrons. The molecule has 3 nitrogen and oxygen atoms in total. The number of aromatic nitrogens is 2. The van der Waals surface area contributed by atoms with Crippen LogP contribution in [0.3, 0.4) is 0 Å². The highest BCUT2D eigenvalue weighted by Gasteiger charge is 2.11. The first-order valence-corrected chi connectivity index (χ1v) is 6.08. The summed E-state index contributed by atoms with van der Waals surface area (Å²) in [5.74, 6) is 1.05. The van der Waals surface area contributed by atoms with Gasteiger partial charge in [-0.2, -0.15) is 0 Å². The van der Waals surface area contributed by atoms with Crippen LogP contribution in [-0.4, -0.2) is 16.1 Å². The summed E-state index contributed by atoms with van der Waals surface area (Å²) in [7, 11) is 0. The molecule has 0 amide bonds. The molecule has 3 heteroatoms. The second-order valence-electron chi connectivity index (χ2n) is 4.17. The lowest BCUT2D eigenvalue weighted by Crippen LogP contribution is -2.09. The van der Waals surface area contributed by atoms with Crippen LogP contribution >= 0.6 is 0 Å². The zero-order valence-electron chi connectivity index (χ0n) is 10.5. The molecule has 2 aromatic rings. The van der Waals surface area contributed by atoms with E-state index in [2.05, 4.69) is 47.7 Å². The monoisotopic (exact) mass is 229 g/mol. The summed E-state index contributed by atoms with van der Waals surface area (Å²) in [6.45, 7) is 5.86. The van der Waals surface area contributed by atoms with E-state index >= 15 is 0 Å². The van der Waals surface area contributed by atoms with E-state index in [1.54, 1.807) is 0 Å². The fourth-order valence-corrected chi connectivity index (χ4v) is 2.15. The van der Waals surface area contributed by atoms with Gasteiger partial charge in [0.25, 0.3) is 0 Å². The van der Waals surface area contributed by atoms with E-state index in [0.717, 1.165) is 18.8 Å². The largest absolute Gasteiger partial charge is 0.330 e. The van der Waals surface area contributed by atoms with E-state index in [1.165, 1.54) is 16.8 Å². The number of benzene rings is 1. The average molecular weight is 229 g/mol. The van der Waals surface area contributed by atoms with Crippen molar-refractivity contribution < 1.29 is 0 Å². The van der Waals surface area contributed by atoms with Gasteiger partial charge in [-0.25, -0.2) is 4.98 Å². The van der Waals surface area contributed by atoms with Gasteiger partial charge < -0.3 is 10.3 Å². The van der Waals surface area contributed by atoms with Gasteiger partial charge in [-0.15, -0.1) is 0 Å². The topological polar surface area (TPSA) is 43.8 Å².